The third-order valence-corrected chi connectivity index (χ3v) is 5.60. The number of hydrazine groups is 1. The number of amides is 4. The maximum absolute atomic E-state index is 12.9. The molecule has 1 saturated heterocycles. The summed E-state index contributed by atoms with van der Waals surface area (Å²) in [6, 6.07) is 13.2. The molecule has 0 radical (unpaired) electrons. The van der Waals surface area contributed by atoms with Gasteiger partial charge in [0.2, 0.25) is 0 Å². The minimum atomic E-state index is -1.05. The molecule has 30 heavy (non-hydrogen) atoms. The number of hydrogen-bond donors (Lipinski definition) is 2. The number of nitrogens with zero attached hydrogens (tertiary/aromatic N) is 2. The third-order valence-electron chi connectivity index (χ3n) is 5.60. The van der Waals surface area contributed by atoms with Crippen LogP contribution in [0.25, 0.3) is 0 Å². The van der Waals surface area contributed by atoms with Gasteiger partial charge in [-0.25, -0.2) is 4.79 Å². The van der Waals surface area contributed by atoms with Gasteiger partial charge in [-0.3, -0.25) is 19.9 Å². The molecule has 1 atom stereocenters. The number of rotatable bonds is 9. The molecule has 2 aromatic rings. The number of carbonyl (C=O) groups excluding carboxylic acids is 3. The lowest BCUT2D eigenvalue weighted by molar-refractivity contribution is -0.139. The van der Waals surface area contributed by atoms with E-state index in [2.05, 4.69) is 10.7 Å². The number of hydrogen-bond acceptors (Lipinski definition) is 5. The number of benzene rings is 1. The van der Waals surface area contributed by atoms with Crippen LogP contribution < -0.4 is 10.7 Å². The van der Waals surface area contributed by atoms with Crippen LogP contribution in [0.1, 0.15) is 37.5 Å². The van der Waals surface area contributed by atoms with E-state index in [0.29, 0.717) is 25.4 Å². The fourth-order valence-electron chi connectivity index (χ4n) is 3.70. The van der Waals surface area contributed by atoms with E-state index in [-0.39, 0.29) is 6.54 Å². The van der Waals surface area contributed by atoms with Crippen molar-refractivity contribution in [3.63, 3.8) is 0 Å². The summed E-state index contributed by atoms with van der Waals surface area (Å²) in [6.45, 7) is 2.29. The quantitative estimate of drug-likeness (QED) is 0.618. The molecule has 1 saturated carbocycles. The monoisotopic (exact) mass is 410 g/mol. The predicted octanol–water partition coefficient (Wildman–Crippen LogP) is 2.22. The van der Waals surface area contributed by atoms with Crippen molar-refractivity contribution in [2.45, 2.75) is 50.7 Å². The molecule has 1 aliphatic carbocycles. The van der Waals surface area contributed by atoms with Crippen LogP contribution in [-0.4, -0.2) is 45.9 Å². The van der Waals surface area contributed by atoms with Crippen LogP contribution in [0.4, 0.5) is 4.79 Å². The minimum absolute atomic E-state index is 0.0865. The Hall–Kier alpha value is -3.13. The van der Waals surface area contributed by atoms with E-state index in [4.69, 9.17) is 4.42 Å². The number of urea groups is 1. The van der Waals surface area contributed by atoms with E-state index in [1.165, 1.54) is 0 Å². The van der Waals surface area contributed by atoms with Gasteiger partial charge in [0.25, 0.3) is 11.8 Å². The summed E-state index contributed by atoms with van der Waals surface area (Å²) >= 11 is 0. The first-order valence-electron chi connectivity index (χ1n) is 10.2. The molecular formula is C22H26N4O4. The molecule has 1 aromatic carbocycles. The van der Waals surface area contributed by atoms with Crippen LogP contribution in [0.15, 0.2) is 53.1 Å². The molecule has 8 nitrogen and oxygen atoms in total. The zero-order valence-corrected chi connectivity index (χ0v) is 17.0. The second-order valence-electron chi connectivity index (χ2n) is 8.14. The zero-order valence-electron chi connectivity index (χ0n) is 17.0. The van der Waals surface area contributed by atoms with Gasteiger partial charge in [0.05, 0.1) is 19.4 Å². The molecule has 4 amide bonds. The smallest absolute Gasteiger partial charge is 0.344 e. The Balaban J connectivity index is 1.34. The molecule has 2 fully saturated rings. The molecule has 2 heterocycles. The fraction of sp³-hybridized carbons (Fsp3) is 0.409. The van der Waals surface area contributed by atoms with Crippen molar-refractivity contribution in [2.75, 3.05) is 6.54 Å². The second-order valence-corrected chi connectivity index (χ2v) is 8.14. The summed E-state index contributed by atoms with van der Waals surface area (Å²) in [4.78, 5) is 39.9. The lowest BCUT2D eigenvalue weighted by Gasteiger charge is -2.23. The van der Waals surface area contributed by atoms with Gasteiger partial charge in [0, 0.05) is 6.04 Å². The van der Waals surface area contributed by atoms with Crippen molar-refractivity contribution >= 4 is 17.8 Å². The third kappa shape index (κ3) is 4.54. The lowest BCUT2D eigenvalue weighted by Crippen LogP contribution is -2.51. The van der Waals surface area contributed by atoms with Gasteiger partial charge in [0.1, 0.15) is 11.3 Å². The Morgan fingerprint density at radius 3 is 2.67 bits per heavy atom. The Bertz CT molecular complexity index is 910. The Kier molecular flexibility index (Phi) is 5.59. The number of nitrogens with one attached hydrogen (secondary N) is 2. The maximum Gasteiger partial charge on any atom is 0.344 e. The van der Waals surface area contributed by atoms with Crippen molar-refractivity contribution in [3.8, 4) is 0 Å². The molecule has 1 aliphatic heterocycles. The van der Waals surface area contributed by atoms with E-state index in [1.807, 2.05) is 47.4 Å². The Morgan fingerprint density at radius 1 is 1.23 bits per heavy atom. The summed E-state index contributed by atoms with van der Waals surface area (Å²) in [5.41, 5.74) is 2.52. The highest BCUT2D eigenvalue weighted by molar-refractivity contribution is 6.07. The summed E-state index contributed by atoms with van der Waals surface area (Å²) in [5, 5.41) is 3.54. The van der Waals surface area contributed by atoms with Crippen LogP contribution in [0.2, 0.25) is 0 Å². The molecular weight excluding hydrogens is 384 g/mol. The van der Waals surface area contributed by atoms with E-state index in [1.54, 1.807) is 13.2 Å². The van der Waals surface area contributed by atoms with Gasteiger partial charge in [-0.15, -0.1) is 0 Å². The van der Waals surface area contributed by atoms with Crippen molar-refractivity contribution in [2.24, 2.45) is 0 Å². The van der Waals surface area contributed by atoms with Crippen LogP contribution in [-0.2, 0) is 22.6 Å². The second kappa shape index (κ2) is 8.31. The molecule has 2 aliphatic rings. The molecule has 0 bridgehead atoms. The highest BCUT2D eigenvalue weighted by atomic mass is 16.3. The summed E-state index contributed by atoms with van der Waals surface area (Å²) in [5.74, 6) is -0.0665. The molecule has 1 aromatic heterocycles. The zero-order chi connectivity index (χ0) is 21.1. The Labute approximate surface area is 175 Å². The molecule has 8 heteroatoms. The van der Waals surface area contributed by atoms with Gasteiger partial charge < -0.3 is 9.73 Å². The van der Waals surface area contributed by atoms with Gasteiger partial charge in [0.15, 0.2) is 0 Å². The SMILES string of the molecule is CC1(CCc2ccccc2)NC(=O)N(NC(=O)CN(Cc2ccco2)C2CC2)C1=O. The van der Waals surface area contributed by atoms with E-state index >= 15 is 0 Å². The molecule has 2 N–H and O–H groups in total. The van der Waals surface area contributed by atoms with E-state index in [0.717, 1.165) is 29.2 Å². The standard InChI is InChI=1S/C22H26N4O4/c1-22(12-11-16-6-3-2-4-7-16)20(28)26(21(29)23-22)24-19(27)15-25(17-9-10-17)14-18-8-5-13-30-18/h2-8,13,17H,9-12,14-15H2,1H3,(H,23,29)(H,24,27). The van der Waals surface area contributed by atoms with Gasteiger partial charge in [-0.1, -0.05) is 30.3 Å². The largest absolute Gasteiger partial charge is 0.468 e. The molecule has 1 unspecified atom stereocenters. The van der Waals surface area contributed by atoms with Crippen molar-refractivity contribution < 1.29 is 18.8 Å². The van der Waals surface area contributed by atoms with Crippen LogP contribution in [0.3, 0.4) is 0 Å². The van der Waals surface area contributed by atoms with Crippen LogP contribution in [0, 0.1) is 0 Å². The number of furan rings is 1. The van der Waals surface area contributed by atoms with Crippen LogP contribution in [0.5, 0.6) is 0 Å². The maximum atomic E-state index is 12.9. The lowest BCUT2D eigenvalue weighted by atomic mass is 9.93. The number of aryl methyl sites for hydroxylation is 1. The summed E-state index contributed by atoms with van der Waals surface area (Å²) in [6.07, 6.45) is 4.73. The first kappa shape index (κ1) is 20.2. The minimum Gasteiger partial charge on any atom is -0.468 e. The number of carbonyl (C=O) groups is 3. The van der Waals surface area contributed by atoms with Crippen molar-refractivity contribution in [1.82, 2.24) is 20.7 Å². The highest BCUT2D eigenvalue weighted by Gasteiger charge is 2.48. The summed E-state index contributed by atoms with van der Waals surface area (Å²) < 4.78 is 5.38. The van der Waals surface area contributed by atoms with Gasteiger partial charge in [-0.2, -0.15) is 5.01 Å². The Morgan fingerprint density at radius 2 is 2.00 bits per heavy atom. The first-order valence-corrected chi connectivity index (χ1v) is 10.2. The molecule has 158 valence electrons. The topological polar surface area (TPSA) is 94.9 Å². The van der Waals surface area contributed by atoms with E-state index in [9.17, 15) is 14.4 Å². The van der Waals surface area contributed by atoms with E-state index < -0.39 is 23.4 Å². The highest BCUT2D eigenvalue weighted by Crippen LogP contribution is 2.28. The van der Waals surface area contributed by atoms with Gasteiger partial charge >= 0.3 is 6.03 Å². The molecule has 0 spiro atoms. The average molecular weight is 410 g/mol. The van der Waals surface area contributed by atoms with Crippen LogP contribution >= 0.6 is 0 Å². The van der Waals surface area contributed by atoms with Crippen molar-refractivity contribution in [1.29, 1.82) is 0 Å². The number of imide groups is 1. The average Bonchev–Trinajstić information content (AvgIpc) is 3.42. The van der Waals surface area contributed by atoms with Gasteiger partial charge in [-0.05, 0) is 50.3 Å². The summed E-state index contributed by atoms with van der Waals surface area (Å²) in [7, 11) is 0. The predicted molar refractivity (Wildman–Crippen MR) is 109 cm³/mol. The molecule has 4 rings (SSSR count). The fourth-order valence-corrected chi connectivity index (χ4v) is 3.70. The first-order chi connectivity index (χ1) is 14.4. The normalized spacial score (nSPS) is 21.2. The van der Waals surface area contributed by atoms with Crippen molar-refractivity contribution in [3.05, 3.63) is 60.1 Å².